The third kappa shape index (κ3) is 1.93. The van der Waals surface area contributed by atoms with Crippen LogP contribution in [0.3, 0.4) is 0 Å². The summed E-state index contributed by atoms with van der Waals surface area (Å²) in [5.74, 6) is 0. The molecule has 78 valence electrons. The number of rotatable bonds is 2. The van der Waals surface area contributed by atoms with Gasteiger partial charge in [-0.25, -0.2) is 0 Å². The van der Waals surface area contributed by atoms with Crippen molar-refractivity contribution in [2.75, 3.05) is 0 Å². The zero-order valence-corrected chi connectivity index (χ0v) is 9.69. The summed E-state index contributed by atoms with van der Waals surface area (Å²) in [6.07, 6.45) is -0.633. The first-order valence-corrected chi connectivity index (χ1v) is 5.33. The van der Waals surface area contributed by atoms with E-state index in [1.165, 1.54) is 0 Å². The van der Waals surface area contributed by atoms with E-state index in [2.05, 4.69) is 31.3 Å². The largest absolute Gasteiger partial charge is 0.387 e. The normalized spacial score (nSPS) is 12.7. The SMILES string of the molecule is CC(O)c1n[nH]nc1-c1ccccc1Br. The van der Waals surface area contributed by atoms with E-state index in [0.717, 1.165) is 10.0 Å². The Morgan fingerprint density at radius 3 is 2.73 bits per heavy atom. The summed E-state index contributed by atoms with van der Waals surface area (Å²) in [4.78, 5) is 0. The minimum Gasteiger partial charge on any atom is -0.387 e. The van der Waals surface area contributed by atoms with Crippen LogP contribution in [0.1, 0.15) is 18.7 Å². The van der Waals surface area contributed by atoms with Crippen LogP contribution in [0.5, 0.6) is 0 Å². The van der Waals surface area contributed by atoms with Crippen LogP contribution in [0.4, 0.5) is 0 Å². The van der Waals surface area contributed by atoms with E-state index in [0.29, 0.717) is 11.4 Å². The molecule has 0 radical (unpaired) electrons. The van der Waals surface area contributed by atoms with E-state index >= 15 is 0 Å². The van der Waals surface area contributed by atoms with E-state index in [1.807, 2.05) is 24.3 Å². The van der Waals surface area contributed by atoms with Crippen molar-refractivity contribution in [1.82, 2.24) is 15.4 Å². The zero-order valence-electron chi connectivity index (χ0n) is 8.11. The lowest BCUT2D eigenvalue weighted by Crippen LogP contribution is -1.94. The number of aromatic nitrogens is 3. The van der Waals surface area contributed by atoms with Crippen LogP contribution in [0.2, 0.25) is 0 Å². The van der Waals surface area contributed by atoms with Crippen LogP contribution in [0, 0.1) is 0 Å². The highest BCUT2D eigenvalue weighted by molar-refractivity contribution is 9.10. The molecule has 2 rings (SSSR count). The molecular weight excluding hydrogens is 258 g/mol. The van der Waals surface area contributed by atoms with Gasteiger partial charge in [-0.05, 0) is 13.0 Å². The highest BCUT2D eigenvalue weighted by Crippen LogP contribution is 2.30. The lowest BCUT2D eigenvalue weighted by atomic mass is 10.1. The molecule has 2 N–H and O–H groups in total. The van der Waals surface area contributed by atoms with Crippen LogP contribution in [0.25, 0.3) is 11.3 Å². The standard InChI is InChI=1S/C10H10BrN3O/c1-6(15)9-10(13-14-12-9)7-4-2-3-5-8(7)11/h2-6,15H,1H3,(H,12,13,14). The average Bonchev–Trinajstić information content (AvgIpc) is 2.67. The Labute approximate surface area is 95.5 Å². The van der Waals surface area contributed by atoms with E-state index in [1.54, 1.807) is 6.92 Å². The fourth-order valence-electron chi connectivity index (χ4n) is 1.38. The highest BCUT2D eigenvalue weighted by Gasteiger charge is 2.16. The third-order valence-electron chi connectivity index (χ3n) is 2.10. The van der Waals surface area contributed by atoms with Crippen molar-refractivity contribution in [2.45, 2.75) is 13.0 Å². The van der Waals surface area contributed by atoms with Gasteiger partial charge in [0.1, 0.15) is 11.4 Å². The van der Waals surface area contributed by atoms with Gasteiger partial charge in [-0.1, -0.05) is 34.1 Å². The van der Waals surface area contributed by atoms with Gasteiger partial charge in [0, 0.05) is 10.0 Å². The minimum atomic E-state index is -0.633. The van der Waals surface area contributed by atoms with Crippen LogP contribution in [-0.4, -0.2) is 20.5 Å². The molecular formula is C10H10BrN3O. The molecule has 0 bridgehead atoms. The Balaban J connectivity index is 2.55. The number of aliphatic hydroxyl groups excluding tert-OH is 1. The maximum absolute atomic E-state index is 9.51. The van der Waals surface area contributed by atoms with Crippen LogP contribution in [-0.2, 0) is 0 Å². The van der Waals surface area contributed by atoms with Gasteiger partial charge in [0.05, 0.1) is 6.10 Å². The molecule has 0 spiro atoms. The predicted molar refractivity (Wildman–Crippen MR) is 60.2 cm³/mol. The summed E-state index contributed by atoms with van der Waals surface area (Å²) in [7, 11) is 0. The number of benzene rings is 1. The second-order valence-electron chi connectivity index (χ2n) is 3.21. The summed E-state index contributed by atoms with van der Waals surface area (Å²) in [6.45, 7) is 1.66. The van der Waals surface area contributed by atoms with Crippen molar-refractivity contribution >= 4 is 15.9 Å². The molecule has 0 saturated carbocycles. The summed E-state index contributed by atoms with van der Waals surface area (Å²) < 4.78 is 0.931. The Hall–Kier alpha value is -1.20. The highest BCUT2D eigenvalue weighted by atomic mass is 79.9. The molecule has 1 heterocycles. The topological polar surface area (TPSA) is 61.8 Å². The number of H-pyrrole nitrogens is 1. The van der Waals surface area contributed by atoms with Gasteiger partial charge in [0.2, 0.25) is 0 Å². The predicted octanol–water partition coefficient (Wildman–Crippen LogP) is 2.29. The van der Waals surface area contributed by atoms with Crippen molar-refractivity contribution in [3.05, 3.63) is 34.4 Å². The van der Waals surface area contributed by atoms with Gasteiger partial charge in [-0.2, -0.15) is 15.4 Å². The molecule has 0 fully saturated rings. The third-order valence-corrected chi connectivity index (χ3v) is 2.79. The van der Waals surface area contributed by atoms with Crippen molar-refractivity contribution in [1.29, 1.82) is 0 Å². The van der Waals surface area contributed by atoms with Gasteiger partial charge < -0.3 is 5.11 Å². The monoisotopic (exact) mass is 267 g/mol. The van der Waals surface area contributed by atoms with E-state index in [-0.39, 0.29) is 0 Å². The van der Waals surface area contributed by atoms with E-state index in [9.17, 15) is 5.11 Å². The van der Waals surface area contributed by atoms with Crippen molar-refractivity contribution in [3.63, 3.8) is 0 Å². The summed E-state index contributed by atoms with van der Waals surface area (Å²) in [5, 5.41) is 20.0. The molecule has 1 unspecified atom stereocenters. The molecule has 1 aromatic carbocycles. The minimum absolute atomic E-state index is 0.557. The van der Waals surface area contributed by atoms with Crippen molar-refractivity contribution in [3.8, 4) is 11.3 Å². The number of nitrogens with zero attached hydrogens (tertiary/aromatic N) is 2. The van der Waals surface area contributed by atoms with E-state index in [4.69, 9.17) is 0 Å². The second kappa shape index (κ2) is 4.12. The van der Waals surface area contributed by atoms with Gasteiger partial charge in [-0.15, -0.1) is 0 Å². The van der Waals surface area contributed by atoms with Gasteiger partial charge in [0.25, 0.3) is 0 Å². The number of nitrogens with one attached hydrogen (secondary N) is 1. The molecule has 0 aliphatic heterocycles. The molecule has 15 heavy (non-hydrogen) atoms. The van der Waals surface area contributed by atoms with Gasteiger partial charge >= 0.3 is 0 Å². The van der Waals surface area contributed by atoms with Crippen LogP contribution >= 0.6 is 15.9 Å². The number of aliphatic hydroxyl groups is 1. The number of aromatic amines is 1. The fraction of sp³-hybridized carbons (Fsp3) is 0.200. The fourth-order valence-corrected chi connectivity index (χ4v) is 1.85. The lowest BCUT2D eigenvalue weighted by molar-refractivity contribution is 0.195. The summed E-state index contributed by atoms with van der Waals surface area (Å²) in [5.41, 5.74) is 2.15. The molecule has 0 saturated heterocycles. The lowest BCUT2D eigenvalue weighted by Gasteiger charge is -2.04. The molecule has 1 aromatic heterocycles. The number of halogens is 1. The summed E-state index contributed by atoms with van der Waals surface area (Å²) in [6, 6.07) is 7.69. The molecule has 0 aliphatic carbocycles. The molecule has 0 aliphatic rings. The zero-order chi connectivity index (χ0) is 10.8. The Morgan fingerprint density at radius 1 is 1.33 bits per heavy atom. The molecule has 0 amide bonds. The number of hydrogen-bond acceptors (Lipinski definition) is 3. The summed E-state index contributed by atoms with van der Waals surface area (Å²) >= 11 is 3.44. The smallest absolute Gasteiger partial charge is 0.119 e. The maximum atomic E-state index is 9.51. The quantitative estimate of drug-likeness (QED) is 0.878. The Bertz CT molecular complexity index is 467. The van der Waals surface area contributed by atoms with Crippen LogP contribution in [0.15, 0.2) is 28.7 Å². The number of hydrogen-bond donors (Lipinski definition) is 2. The van der Waals surface area contributed by atoms with Crippen molar-refractivity contribution < 1.29 is 5.11 Å². The first-order chi connectivity index (χ1) is 7.20. The molecule has 1 atom stereocenters. The molecule has 4 nitrogen and oxygen atoms in total. The first-order valence-electron chi connectivity index (χ1n) is 4.53. The molecule has 2 aromatic rings. The maximum Gasteiger partial charge on any atom is 0.119 e. The second-order valence-corrected chi connectivity index (χ2v) is 4.07. The van der Waals surface area contributed by atoms with Crippen molar-refractivity contribution in [2.24, 2.45) is 0 Å². The van der Waals surface area contributed by atoms with Crippen LogP contribution < -0.4 is 0 Å². The van der Waals surface area contributed by atoms with Gasteiger partial charge in [-0.3, -0.25) is 0 Å². The first kappa shape index (κ1) is 10.3. The van der Waals surface area contributed by atoms with Gasteiger partial charge in [0.15, 0.2) is 0 Å². The Kier molecular flexibility index (Phi) is 2.83. The average molecular weight is 268 g/mol. The Morgan fingerprint density at radius 2 is 2.07 bits per heavy atom. The molecule has 5 heteroatoms. The van der Waals surface area contributed by atoms with E-state index < -0.39 is 6.10 Å².